The number of hydrogen-bond donors (Lipinski definition) is 1. The van der Waals surface area contributed by atoms with Crippen molar-refractivity contribution in [1.82, 2.24) is 0 Å². The van der Waals surface area contributed by atoms with Crippen molar-refractivity contribution in [2.75, 3.05) is 5.32 Å². The highest BCUT2D eigenvalue weighted by Gasteiger charge is 2.10. The molecule has 92 valence electrons. The van der Waals surface area contributed by atoms with E-state index >= 15 is 0 Å². The van der Waals surface area contributed by atoms with Gasteiger partial charge in [0.1, 0.15) is 0 Å². The van der Waals surface area contributed by atoms with Crippen LogP contribution in [-0.2, 0) is 6.42 Å². The average Bonchev–Trinajstić information content (AvgIpc) is 2.39. The lowest BCUT2D eigenvalue weighted by Crippen LogP contribution is -2.13. The summed E-state index contributed by atoms with van der Waals surface area (Å²) in [7, 11) is 0. The van der Waals surface area contributed by atoms with Gasteiger partial charge in [-0.25, -0.2) is 0 Å². The van der Waals surface area contributed by atoms with E-state index < -0.39 is 0 Å². The summed E-state index contributed by atoms with van der Waals surface area (Å²) in [6.45, 7) is 2.07. The fourth-order valence-electron chi connectivity index (χ4n) is 1.79. The minimum Gasteiger partial charge on any atom is -0.322 e. The van der Waals surface area contributed by atoms with Gasteiger partial charge in [-0.1, -0.05) is 37.3 Å². The number of carbonyl (C=O) groups is 1. The standard InChI is InChI=1S/C15H14BrNO/c1-2-11-7-3-6-10-14(11)17-15(18)12-8-4-5-9-13(12)16/h3-10H,2H2,1H3,(H,17,18). The molecular formula is C15H14BrNO. The number of amides is 1. The molecule has 0 aliphatic rings. The summed E-state index contributed by atoms with van der Waals surface area (Å²) in [5, 5.41) is 2.95. The molecule has 0 bridgehead atoms. The first-order chi connectivity index (χ1) is 8.72. The molecule has 2 aromatic carbocycles. The Morgan fingerprint density at radius 1 is 1.11 bits per heavy atom. The van der Waals surface area contributed by atoms with Gasteiger partial charge in [0, 0.05) is 10.2 Å². The van der Waals surface area contributed by atoms with Crippen LogP contribution in [0, 0.1) is 0 Å². The molecule has 0 radical (unpaired) electrons. The molecule has 0 aromatic heterocycles. The van der Waals surface area contributed by atoms with E-state index in [1.165, 1.54) is 0 Å². The number of nitrogens with one attached hydrogen (secondary N) is 1. The molecule has 18 heavy (non-hydrogen) atoms. The van der Waals surface area contributed by atoms with Gasteiger partial charge < -0.3 is 5.32 Å². The predicted octanol–water partition coefficient (Wildman–Crippen LogP) is 4.26. The first-order valence-electron chi connectivity index (χ1n) is 5.86. The molecule has 2 nitrogen and oxygen atoms in total. The molecule has 0 unspecified atom stereocenters. The van der Waals surface area contributed by atoms with Crippen LogP contribution in [0.25, 0.3) is 0 Å². The van der Waals surface area contributed by atoms with E-state index in [1.54, 1.807) is 6.07 Å². The smallest absolute Gasteiger partial charge is 0.256 e. The number of benzene rings is 2. The van der Waals surface area contributed by atoms with Crippen molar-refractivity contribution in [3.8, 4) is 0 Å². The van der Waals surface area contributed by atoms with Crippen LogP contribution >= 0.6 is 15.9 Å². The van der Waals surface area contributed by atoms with Gasteiger partial charge in [0.05, 0.1) is 5.56 Å². The monoisotopic (exact) mass is 303 g/mol. The van der Waals surface area contributed by atoms with Crippen LogP contribution in [0.4, 0.5) is 5.69 Å². The van der Waals surface area contributed by atoms with Crippen molar-refractivity contribution in [1.29, 1.82) is 0 Å². The fourth-order valence-corrected chi connectivity index (χ4v) is 2.25. The van der Waals surface area contributed by atoms with Crippen molar-refractivity contribution in [3.63, 3.8) is 0 Å². The first kappa shape index (κ1) is 12.8. The molecule has 0 saturated carbocycles. The summed E-state index contributed by atoms with van der Waals surface area (Å²) < 4.78 is 0.802. The van der Waals surface area contributed by atoms with Crippen molar-refractivity contribution in [2.45, 2.75) is 13.3 Å². The second-order valence-corrected chi connectivity index (χ2v) is 4.80. The summed E-state index contributed by atoms with van der Waals surface area (Å²) in [5.74, 6) is -0.0941. The molecule has 3 heteroatoms. The summed E-state index contributed by atoms with van der Waals surface area (Å²) in [4.78, 5) is 12.2. The van der Waals surface area contributed by atoms with Crippen molar-refractivity contribution < 1.29 is 4.79 Å². The van der Waals surface area contributed by atoms with Crippen LogP contribution in [0.15, 0.2) is 53.0 Å². The minimum absolute atomic E-state index is 0.0941. The van der Waals surface area contributed by atoms with Gasteiger partial charge in [0.25, 0.3) is 5.91 Å². The van der Waals surface area contributed by atoms with Crippen LogP contribution in [0.3, 0.4) is 0 Å². The lowest BCUT2D eigenvalue weighted by molar-refractivity contribution is 0.102. The van der Waals surface area contributed by atoms with Gasteiger partial charge in [-0.2, -0.15) is 0 Å². The maximum absolute atomic E-state index is 12.2. The second kappa shape index (κ2) is 5.83. The molecular weight excluding hydrogens is 290 g/mol. The SMILES string of the molecule is CCc1ccccc1NC(=O)c1ccccc1Br. The first-order valence-corrected chi connectivity index (χ1v) is 6.65. The van der Waals surface area contributed by atoms with E-state index in [1.807, 2.05) is 42.5 Å². The Labute approximate surface area is 115 Å². The Balaban J connectivity index is 2.24. The number of hydrogen-bond acceptors (Lipinski definition) is 1. The number of halogens is 1. The Hall–Kier alpha value is -1.61. The Morgan fingerprint density at radius 2 is 1.78 bits per heavy atom. The van der Waals surface area contributed by atoms with E-state index in [9.17, 15) is 4.79 Å². The zero-order valence-corrected chi connectivity index (χ0v) is 11.7. The van der Waals surface area contributed by atoms with Crippen LogP contribution in [0.5, 0.6) is 0 Å². The number of aryl methyl sites for hydroxylation is 1. The molecule has 0 spiro atoms. The van der Waals surface area contributed by atoms with E-state index in [0.717, 1.165) is 22.1 Å². The summed E-state index contributed by atoms with van der Waals surface area (Å²) >= 11 is 3.38. The average molecular weight is 304 g/mol. The van der Waals surface area contributed by atoms with Crippen molar-refractivity contribution in [2.24, 2.45) is 0 Å². The maximum atomic E-state index is 12.2. The lowest BCUT2D eigenvalue weighted by Gasteiger charge is -2.10. The van der Waals surface area contributed by atoms with Crippen LogP contribution in [0.1, 0.15) is 22.8 Å². The maximum Gasteiger partial charge on any atom is 0.256 e. The molecule has 1 amide bonds. The van der Waals surface area contributed by atoms with Gasteiger partial charge in [-0.3, -0.25) is 4.79 Å². The highest BCUT2D eigenvalue weighted by molar-refractivity contribution is 9.10. The molecule has 0 aliphatic heterocycles. The number of para-hydroxylation sites is 1. The molecule has 0 saturated heterocycles. The lowest BCUT2D eigenvalue weighted by atomic mass is 10.1. The minimum atomic E-state index is -0.0941. The van der Waals surface area contributed by atoms with E-state index in [0.29, 0.717) is 5.56 Å². The van der Waals surface area contributed by atoms with E-state index in [4.69, 9.17) is 0 Å². The van der Waals surface area contributed by atoms with Crippen molar-refractivity contribution in [3.05, 3.63) is 64.1 Å². The van der Waals surface area contributed by atoms with Crippen LogP contribution < -0.4 is 5.32 Å². The van der Waals surface area contributed by atoms with Gasteiger partial charge in [0.15, 0.2) is 0 Å². The zero-order chi connectivity index (χ0) is 13.0. The fraction of sp³-hybridized carbons (Fsp3) is 0.133. The molecule has 1 N–H and O–H groups in total. The van der Waals surface area contributed by atoms with E-state index in [-0.39, 0.29) is 5.91 Å². The Bertz CT molecular complexity index is 566. The topological polar surface area (TPSA) is 29.1 Å². The normalized spacial score (nSPS) is 10.1. The highest BCUT2D eigenvalue weighted by atomic mass is 79.9. The molecule has 0 atom stereocenters. The Kier molecular flexibility index (Phi) is 4.15. The number of rotatable bonds is 3. The zero-order valence-electron chi connectivity index (χ0n) is 10.1. The largest absolute Gasteiger partial charge is 0.322 e. The third-order valence-electron chi connectivity index (χ3n) is 2.76. The molecule has 0 fully saturated rings. The molecule has 2 rings (SSSR count). The molecule has 0 heterocycles. The van der Waals surface area contributed by atoms with Crippen LogP contribution in [0.2, 0.25) is 0 Å². The molecule has 2 aromatic rings. The molecule has 0 aliphatic carbocycles. The summed E-state index contributed by atoms with van der Waals surface area (Å²) in [6, 6.07) is 15.3. The third kappa shape index (κ3) is 2.79. The van der Waals surface area contributed by atoms with E-state index in [2.05, 4.69) is 28.2 Å². The number of carbonyl (C=O) groups excluding carboxylic acids is 1. The number of anilines is 1. The summed E-state index contributed by atoms with van der Waals surface area (Å²) in [5.41, 5.74) is 2.65. The van der Waals surface area contributed by atoms with Crippen LogP contribution in [-0.4, -0.2) is 5.91 Å². The quantitative estimate of drug-likeness (QED) is 0.901. The van der Waals surface area contributed by atoms with Gasteiger partial charge in [-0.15, -0.1) is 0 Å². The van der Waals surface area contributed by atoms with Gasteiger partial charge in [0.2, 0.25) is 0 Å². The van der Waals surface area contributed by atoms with Gasteiger partial charge in [-0.05, 0) is 46.1 Å². The Morgan fingerprint density at radius 3 is 2.50 bits per heavy atom. The summed E-state index contributed by atoms with van der Waals surface area (Å²) in [6.07, 6.45) is 0.895. The van der Waals surface area contributed by atoms with Crippen molar-refractivity contribution >= 4 is 27.5 Å². The highest BCUT2D eigenvalue weighted by Crippen LogP contribution is 2.20. The van der Waals surface area contributed by atoms with Gasteiger partial charge >= 0.3 is 0 Å². The third-order valence-corrected chi connectivity index (χ3v) is 3.46. The second-order valence-electron chi connectivity index (χ2n) is 3.94. The predicted molar refractivity (Wildman–Crippen MR) is 77.9 cm³/mol.